The highest BCUT2D eigenvalue weighted by Crippen LogP contribution is 2.26. The van der Waals surface area contributed by atoms with Gasteiger partial charge in [0, 0.05) is 3.57 Å². The average Bonchev–Trinajstić information content (AvgIpc) is 3.14. The largest absolute Gasteiger partial charge is 0.496 e. The van der Waals surface area contributed by atoms with Crippen LogP contribution in [0, 0.1) is 3.57 Å². The number of anilines is 1. The van der Waals surface area contributed by atoms with Gasteiger partial charge in [0.1, 0.15) is 5.75 Å². The molecule has 0 bridgehead atoms. The van der Waals surface area contributed by atoms with Crippen LogP contribution in [0.1, 0.15) is 10.4 Å². The van der Waals surface area contributed by atoms with Crippen LogP contribution < -0.4 is 15.4 Å². The number of ether oxygens (including phenoxy) is 1. The zero-order valence-corrected chi connectivity index (χ0v) is 16.5. The van der Waals surface area contributed by atoms with Crippen LogP contribution in [0.2, 0.25) is 0 Å². The minimum absolute atomic E-state index is 0.115. The first-order valence-corrected chi connectivity index (χ1v) is 9.04. The van der Waals surface area contributed by atoms with Crippen LogP contribution in [0.4, 0.5) is 5.95 Å². The third kappa shape index (κ3) is 4.61. The molecule has 0 fully saturated rings. The average molecular weight is 477 g/mol. The summed E-state index contributed by atoms with van der Waals surface area (Å²) in [6, 6.07) is 14.4. The zero-order valence-electron chi connectivity index (χ0n) is 14.3. The van der Waals surface area contributed by atoms with Crippen LogP contribution in [-0.2, 0) is 4.79 Å². The predicted molar refractivity (Wildman–Crippen MR) is 108 cm³/mol. The molecule has 0 spiro atoms. The number of carbonyl (C=O) groups is 2. The van der Waals surface area contributed by atoms with Crippen molar-refractivity contribution >= 4 is 40.4 Å². The lowest BCUT2D eigenvalue weighted by molar-refractivity contribution is -0.115. The van der Waals surface area contributed by atoms with E-state index in [-0.39, 0.29) is 18.4 Å². The van der Waals surface area contributed by atoms with Gasteiger partial charge in [-0.05, 0) is 46.9 Å². The van der Waals surface area contributed by atoms with Crippen molar-refractivity contribution in [1.82, 2.24) is 20.5 Å². The van der Waals surface area contributed by atoms with Crippen LogP contribution >= 0.6 is 22.6 Å². The van der Waals surface area contributed by atoms with Crippen molar-refractivity contribution in [2.24, 2.45) is 0 Å². The molecule has 3 aromatic rings. The lowest BCUT2D eigenvalue weighted by Crippen LogP contribution is -2.33. The second-order valence-electron chi connectivity index (χ2n) is 5.42. The lowest BCUT2D eigenvalue weighted by Gasteiger charge is -2.06. The minimum atomic E-state index is -0.431. The maximum atomic E-state index is 12.1. The van der Waals surface area contributed by atoms with Gasteiger partial charge in [0.2, 0.25) is 11.9 Å². The van der Waals surface area contributed by atoms with Crippen molar-refractivity contribution in [1.29, 1.82) is 0 Å². The van der Waals surface area contributed by atoms with Gasteiger partial charge in [0.25, 0.3) is 5.91 Å². The number of methoxy groups -OCH3 is 1. The van der Waals surface area contributed by atoms with Gasteiger partial charge in [0.15, 0.2) is 5.82 Å². The number of benzene rings is 2. The molecule has 2 amide bonds. The number of hydrogen-bond acceptors (Lipinski definition) is 5. The number of aromatic nitrogens is 3. The van der Waals surface area contributed by atoms with E-state index in [1.54, 1.807) is 25.3 Å². The Hall–Kier alpha value is -2.95. The molecule has 0 atom stereocenters. The first kappa shape index (κ1) is 18.8. The number of hydrogen-bond donors (Lipinski definition) is 3. The van der Waals surface area contributed by atoms with E-state index < -0.39 is 5.91 Å². The molecule has 0 saturated heterocycles. The van der Waals surface area contributed by atoms with E-state index in [1.165, 1.54) is 0 Å². The van der Waals surface area contributed by atoms with Crippen LogP contribution in [0.3, 0.4) is 0 Å². The van der Waals surface area contributed by atoms with E-state index in [4.69, 9.17) is 4.74 Å². The Kier molecular flexibility index (Phi) is 6.01. The summed E-state index contributed by atoms with van der Waals surface area (Å²) in [7, 11) is 1.56. The Morgan fingerprint density at radius 2 is 1.89 bits per heavy atom. The fraction of sp³-hybridized carbons (Fsp3) is 0.111. The molecule has 0 aliphatic carbocycles. The summed E-state index contributed by atoms with van der Waals surface area (Å²) in [5, 5.41) is 11.8. The Morgan fingerprint density at radius 1 is 1.15 bits per heavy atom. The van der Waals surface area contributed by atoms with E-state index in [0.29, 0.717) is 17.1 Å². The molecule has 138 valence electrons. The normalized spacial score (nSPS) is 10.3. The topological polar surface area (TPSA) is 109 Å². The lowest BCUT2D eigenvalue weighted by atomic mass is 10.2. The van der Waals surface area contributed by atoms with Gasteiger partial charge < -0.3 is 10.1 Å². The maximum Gasteiger partial charge on any atom is 0.252 e. The van der Waals surface area contributed by atoms with Crippen LogP contribution in [0.15, 0.2) is 48.5 Å². The van der Waals surface area contributed by atoms with Gasteiger partial charge in [-0.3, -0.25) is 20.0 Å². The molecule has 0 aliphatic rings. The summed E-state index contributed by atoms with van der Waals surface area (Å²) in [6.07, 6.45) is 0. The standard InChI is InChI=1S/C18H16IN5O3/c1-27-14-9-5-3-7-12(14)16-22-18(24-23-16)21-15(25)10-20-17(26)11-6-2-4-8-13(11)19/h2-9H,10H2,1H3,(H,20,26)(H2,21,22,23,24,25). The Morgan fingerprint density at radius 3 is 2.67 bits per heavy atom. The molecule has 2 aromatic carbocycles. The highest BCUT2D eigenvalue weighted by atomic mass is 127. The third-order valence-corrected chi connectivity index (χ3v) is 4.57. The molecule has 0 saturated carbocycles. The van der Waals surface area contributed by atoms with Crippen molar-refractivity contribution in [3.8, 4) is 17.1 Å². The third-order valence-electron chi connectivity index (χ3n) is 3.63. The molecular formula is C18H16IN5O3. The Balaban J connectivity index is 1.60. The van der Waals surface area contributed by atoms with Gasteiger partial charge >= 0.3 is 0 Å². The van der Waals surface area contributed by atoms with Crippen LogP contribution in [0.5, 0.6) is 5.75 Å². The minimum Gasteiger partial charge on any atom is -0.496 e. The maximum absolute atomic E-state index is 12.1. The van der Waals surface area contributed by atoms with Gasteiger partial charge in [0.05, 0.1) is 24.8 Å². The Bertz CT molecular complexity index is 973. The van der Waals surface area contributed by atoms with Gasteiger partial charge in [-0.25, -0.2) is 0 Å². The molecule has 9 heteroatoms. The quantitative estimate of drug-likeness (QED) is 0.473. The van der Waals surface area contributed by atoms with Crippen molar-refractivity contribution in [2.75, 3.05) is 19.0 Å². The summed E-state index contributed by atoms with van der Waals surface area (Å²) >= 11 is 2.07. The summed E-state index contributed by atoms with van der Waals surface area (Å²) < 4.78 is 6.09. The number of aromatic amines is 1. The molecule has 0 aliphatic heterocycles. The summed E-state index contributed by atoms with van der Waals surface area (Å²) in [4.78, 5) is 28.4. The molecular weight excluding hydrogens is 461 g/mol. The summed E-state index contributed by atoms with van der Waals surface area (Å²) in [6.45, 7) is -0.192. The van der Waals surface area contributed by atoms with Crippen molar-refractivity contribution < 1.29 is 14.3 Å². The van der Waals surface area contributed by atoms with Crippen molar-refractivity contribution in [2.45, 2.75) is 0 Å². The van der Waals surface area contributed by atoms with E-state index in [9.17, 15) is 9.59 Å². The highest BCUT2D eigenvalue weighted by molar-refractivity contribution is 14.1. The SMILES string of the molecule is COc1ccccc1-c1nc(NC(=O)CNC(=O)c2ccccc2I)n[nH]1. The number of amides is 2. The number of rotatable bonds is 6. The smallest absolute Gasteiger partial charge is 0.252 e. The molecule has 3 rings (SSSR count). The first-order valence-electron chi connectivity index (χ1n) is 7.97. The van der Waals surface area contributed by atoms with Crippen LogP contribution in [-0.4, -0.2) is 40.7 Å². The van der Waals surface area contributed by atoms with Crippen molar-refractivity contribution in [3.05, 3.63) is 57.7 Å². The fourth-order valence-corrected chi connectivity index (χ4v) is 2.98. The molecule has 3 N–H and O–H groups in total. The monoisotopic (exact) mass is 477 g/mol. The zero-order chi connectivity index (χ0) is 19.2. The number of para-hydroxylation sites is 1. The molecule has 27 heavy (non-hydrogen) atoms. The predicted octanol–water partition coefficient (Wildman–Crippen LogP) is 2.45. The first-order chi connectivity index (χ1) is 13.1. The molecule has 0 radical (unpaired) electrons. The fourth-order valence-electron chi connectivity index (χ4n) is 2.35. The van der Waals surface area contributed by atoms with Crippen LogP contribution in [0.25, 0.3) is 11.4 Å². The van der Waals surface area contributed by atoms with Crippen molar-refractivity contribution in [3.63, 3.8) is 0 Å². The summed E-state index contributed by atoms with van der Waals surface area (Å²) in [5.74, 6) is 0.464. The Labute approximate surface area is 168 Å². The van der Waals surface area contributed by atoms with E-state index in [0.717, 1.165) is 9.13 Å². The van der Waals surface area contributed by atoms with Gasteiger partial charge in [-0.2, -0.15) is 4.98 Å². The molecule has 8 nitrogen and oxygen atoms in total. The van der Waals surface area contributed by atoms with Gasteiger partial charge in [-0.1, -0.05) is 24.3 Å². The number of carbonyl (C=O) groups excluding carboxylic acids is 2. The van der Waals surface area contributed by atoms with E-state index in [1.807, 2.05) is 30.3 Å². The number of H-pyrrole nitrogens is 1. The number of nitrogens with one attached hydrogen (secondary N) is 3. The molecule has 0 unspecified atom stereocenters. The molecule has 1 aromatic heterocycles. The summed E-state index contributed by atoms with van der Waals surface area (Å²) in [5.41, 5.74) is 1.24. The number of nitrogens with zero attached hydrogens (tertiary/aromatic N) is 2. The molecule has 1 heterocycles. The van der Waals surface area contributed by atoms with Gasteiger partial charge in [-0.15, -0.1) is 5.10 Å². The van der Waals surface area contributed by atoms with E-state index in [2.05, 4.69) is 48.4 Å². The highest BCUT2D eigenvalue weighted by Gasteiger charge is 2.14. The second kappa shape index (κ2) is 8.62. The number of halogens is 1. The second-order valence-corrected chi connectivity index (χ2v) is 6.58. The van der Waals surface area contributed by atoms with E-state index >= 15 is 0 Å².